The van der Waals surface area contributed by atoms with Crippen molar-refractivity contribution in [2.75, 3.05) is 6.61 Å². The summed E-state index contributed by atoms with van der Waals surface area (Å²) < 4.78 is 40.1. The van der Waals surface area contributed by atoms with Crippen molar-refractivity contribution in [3.63, 3.8) is 0 Å². The average molecular weight is 308 g/mol. The number of rotatable bonds is 3. The Morgan fingerprint density at radius 3 is 2.48 bits per heavy atom. The molecule has 0 saturated carbocycles. The van der Waals surface area contributed by atoms with Crippen LogP contribution >= 0.6 is 11.8 Å². The zero-order chi connectivity index (χ0) is 15.2. The normalized spacial score (nSPS) is 10.1. The number of halogens is 3. The lowest BCUT2D eigenvalue weighted by Crippen LogP contribution is -1.91. The van der Waals surface area contributed by atoms with Gasteiger partial charge in [-0.2, -0.15) is 0 Å². The lowest BCUT2D eigenvalue weighted by molar-refractivity contribution is 0.350. The molecule has 0 heterocycles. The average Bonchev–Trinajstić information content (AvgIpc) is 2.45. The molecule has 0 saturated heterocycles. The first-order valence-corrected chi connectivity index (χ1v) is 7.04. The summed E-state index contributed by atoms with van der Waals surface area (Å²) in [6.45, 7) is -0.289. The second-order valence-corrected chi connectivity index (χ2v) is 5.15. The Kier molecular flexibility index (Phi) is 5.32. The summed E-state index contributed by atoms with van der Waals surface area (Å²) in [5.74, 6) is 3.50. The van der Waals surface area contributed by atoms with Gasteiger partial charge >= 0.3 is 0 Å². The van der Waals surface area contributed by atoms with Crippen molar-refractivity contribution in [3.8, 4) is 11.8 Å². The van der Waals surface area contributed by atoms with Gasteiger partial charge in [-0.3, -0.25) is 0 Å². The van der Waals surface area contributed by atoms with Crippen LogP contribution in [-0.2, 0) is 5.75 Å². The molecule has 0 aliphatic rings. The van der Waals surface area contributed by atoms with Crippen LogP contribution in [0.4, 0.5) is 13.2 Å². The summed E-state index contributed by atoms with van der Waals surface area (Å²) >= 11 is 1.09. The highest BCUT2D eigenvalue weighted by molar-refractivity contribution is 7.98. The van der Waals surface area contributed by atoms with E-state index in [2.05, 4.69) is 11.8 Å². The second kappa shape index (κ2) is 7.21. The predicted molar refractivity (Wildman–Crippen MR) is 76.3 cm³/mol. The van der Waals surface area contributed by atoms with E-state index in [1.54, 1.807) is 12.1 Å². The fourth-order valence-electron chi connectivity index (χ4n) is 1.63. The summed E-state index contributed by atoms with van der Waals surface area (Å²) in [7, 11) is 0. The van der Waals surface area contributed by atoms with E-state index in [0.717, 1.165) is 23.9 Å². The molecule has 0 bridgehead atoms. The van der Waals surface area contributed by atoms with Crippen LogP contribution in [0.3, 0.4) is 0 Å². The van der Waals surface area contributed by atoms with Crippen LogP contribution in [0.5, 0.6) is 0 Å². The van der Waals surface area contributed by atoms with E-state index < -0.39 is 17.5 Å². The number of benzene rings is 2. The first-order chi connectivity index (χ1) is 10.1. The van der Waals surface area contributed by atoms with Crippen LogP contribution in [0.25, 0.3) is 0 Å². The SMILES string of the molecule is OCC#Cc1ccc(CSc2ccc(F)cc2F)c(F)c1. The first-order valence-electron chi connectivity index (χ1n) is 6.06. The maximum atomic E-state index is 13.8. The predicted octanol–water partition coefficient (Wildman–Crippen LogP) is 3.74. The highest BCUT2D eigenvalue weighted by Gasteiger charge is 2.08. The fraction of sp³-hybridized carbons (Fsp3) is 0.125. The molecule has 1 nitrogen and oxygen atoms in total. The zero-order valence-corrected chi connectivity index (χ0v) is 11.7. The smallest absolute Gasteiger partial charge is 0.139 e. The molecule has 2 aromatic carbocycles. The van der Waals surface area contributed by atoms with E-state index in [4.69, 9.17) is 5.11 Å². The molecule has 0 aliphatic heterocycles. The van der Waals surface area contributed by atoms with Gasteiger partial charge in [0.2, 0.25) is 0 Å². The van der Waals surface area contributed by atoms with Crippen LogP contribution < -0.4 is 0 Å². The lowest BCUT2D eigenvalue weighted by Gasteiger charge is -2.05. The Hall–Kier alpha value is -1.90. The third kappa shape index (κ3) is 4.28. The van der Waals surface area contributed by atoms with E-state index in [0.29, 0.717) is 11.1 Å². The van der Waals surface area contributed by atoms with Gasteiger partial charge in [0.05, 0.1) is 0 Å². The number of aliphatic hydroxyl groups excluding tert-OH is 1. The molecule has 0 aromatic heterocycles. The Balaban J connectivity index is 2.09. The van der Waals surface area contributed by atoms with Crippen molar-refractivity contribution in [3.05, 3.63) is 65.0 Å². The van der Waals surface area contributed by atoms with Crippen molar-refractivity contribution in [1.82, 2.24) is 0 Å². The minimum absolute atomic E-state index is 0.224. The van der Waals surface area contributed by atoms with Gasteiger partial charge in [0.25, 0.3) is 0 Å². The molecular formula is C16H11F3OS. The van der Waals surface area contributed by atoms with Crippen molar-refractivity contribution in [2.24, 2.45) is 0 Å². The van der Waals surface area contributed by atoms with Gasteiger partial charge in [0, 0.05) is 22.3 Å². The second-order valence-electron chi connectivity index (χ2n) is 4.13. The Morgan fingerprint density at radius 2 is 1.81 bits per heavy atom. The summed E-state index contributed by atoms with van der Waals surface area (Å²) in [5, 5.41) is 8.57. The molecule has 2 rings (SSSR count). The van der Waals surface area contributed by atoms with Crippen LogP contribution in [0.1, 0.15) is 11.1 Å². The topological polar surface area (TPSA) is 20.2 Å². The van der Waals surface area contributed by atoms with Crippen LogP contribution in [0.2, 0.25) is 0 Å². The molecule has 1 N–H and O–H groups in total. The quantitative estimate of drug-likeness (QED) is 0.688. The molecule has 2 aromatic rings. The largest absolute Gasteiger partial charge is 0.384 e. The van der Waals surface area contributed by atoms with Gasteiger partial charge in [-0.05, 0) is 29.8 Å². The maximum Gasteiger partial charge on any atom is 0.139 e. The first kappa shape index (κ1) is 15.5. The van der Waals surface area contributed by atoms with Crippen molar-refractivity contribution in [2.45, 2.75) is 10.6 Å². The summed E-state index contributed by atoms with van der Waals surface area (Å²) in [5.41, 5.74) is 0.863. The standard InChI is InChI=1S/C16H11F3OS/c17-13-5-6-16(15(19)9-13)21-10-12-4-3-11(2-1-7-20)8-14(12)18/h3-6,8-9,20H,7,10H2. The van der Waals surface area contributed by atoms with E-state index in [1.165, 1.54) is 12.1 Å². The number of aliphatic hydroxyl groups is 1. The molecule has 0 aliphatic carbocycles. The third-order valence-corrected chi connectivity index (χ3v) is 3.74. The Bertz CT molecular complexity index is 704. The number of hydrogen-bond donors (Lipinski definition) is 1. The van der Waals surface area contributed by atoms with Gasteiger partial charge in [-0.1, -0.05) is 17.9 Å². The van der Waals surface area contributed by atoms with Gasteiger partial charge in [0.15, 0.2) is 0 Å². The number of hydrogen-bond acceptors (Lipinski definition) is 2. The summed E-state index contributed by atoms with van der Waals surface area (Å²) in [4.78, 5) is 0.264. The molecule has 108 valence electrons. The van der Waals surface area contributed by atoms with E-state index >= 15 is 0 Å². The fourth-order valence-corrected chi connectivity index (χ4v) is 2.54. The molecule has 0 amide bonds. The zero-order valence-electron chi connectivity index (χ0n) is 10.9. The van der Waals surface area contributed by atoms with Crippen molar-refractivity contribution in [1.29, 1.82) is 0 Å². The van der Waals surface area contributed by atoms with Crippen LogP contribution in [0, 0.1) is 29.3 Å². The van der Waals surface area contributed by atoms with Crippen molar-refractivity contribution >= 4 is 11.8 Å². The summed E-state index contributed by atoms with van der Waals surface area (Å²) in [6.07, 6.45) is 0. The molecular weight excluding hydrogens is 297 g/mol. The van der Waals surface area contributed by atoms with Crippen molar-refractivity contribution < 1.29 is 18.3 Å². The van der Waals surface area contributed by atoms with Gasteiger partial charge in [0.1, 0.15) is 24.1 Å². The van der Waals surface area contributed by atoms with E-state index in [-0.39, 0.29) is 17.3 Å². The maximum absolute atomic E-state index is 13.8. The molecule has 0 spiro atoms. The van der Waals surface area contributed by atoms with E-state index in [1.807, 2.05) is 0 Å². The summed E-state index contributed by atoms with van der Waals surface area (Å²) in [6, 6.07) is 7.74. The van der Waals surface area contributed by atoms with Gasteiger partial charge < -0.3 is 5.11 Å². The monoisotopic (exact) mass is 308 g/mol. The molecule has 0 radical (unpaired) electrons. The minimum atomic E-state index is -0.661. The number of thioether (sulfide) groups is 1. The van der Waals surface area contributed by atoms with Gasteiger partial charge in [-0.15, -0.1) is 11.8 Å². The highest BCUT2D eigenvalue weighted by atomic mass is 32.2. The highest BCUT2D eigenvalue weighted by Crippen LogP contribution is 2.27. The van der Waals surface area contributed by atoms with Crippen LogP contribution in [0.15, 0.2) is 41.3 Å². The lowest BCUT2D eigenvalue weighted by atomic mass is 10.1. The van der Waals surface area contributed by atoms with Crippen LogP contribution in [-0.4, -0.2) is 11.7 Å². The molecule has 5 heteroatoms. The Labute approximate surface area is 124 Å². The Morgan fingerprint density at radius 1 is 1.00 bits per heavy atom. The molecule has 0 fully saturated rings. The minimum Gasteiger partial charge on any atom is -0.384 e. The van der Waals surface area contributed by atoms with E-state index in [9.17, 15) is 13.2 Å². The molecule has 0 atom stereocenters. The molecule has 0 unspecified atom stereocenters. The molecule has 21 heavy (non-hydrogen) atoms. The van der Waals surface area contributed by atoms with Gasteiger partial charge in [-0.25, -0.2) is 13.2 Å². The third-order valence-electron chi connectivity index (χ3n) is 2.64.